The van der Waals surface area contributed by atoms with E-state index >= 15 is 0 Å². The number of amides is 1. The molecule has 5 nitrogen and oxygen atoms in total. The molecule has 1 heterocycles. The predicted molar refractivity (Wildman–Crippen MR) is 63.8 cm³/mol. The summed E-state index contributed by atoms with van der Waals surface area (Å²) in [5.41, 5.74) is 6.90. The molecule has 0 aliphatic carbocycles. The summed E-state index contributed by atoms with van der Waals surface area (Å²) >= 11 is 0. The number of carbonyl (C=O) groups excluding carboxylic acids is 1. The van der Waals surface area contributed by atoms with Gasteiger partial charge in [-0.1, -0.05) is 20.8 Å². The number of pyridine rings is 1. The molecule has 0 saturated heterocycles. The van der Waals surface area contributed by atoms with Gasteiger partial charge in [0.1, 0.15) is 0 Å². The maximum absolute atomic E-state index is 10.8. The van der Waals surface area contributed by atoms with Crippen LogP contribution in [0.25, 0.3) is 0 Å². The third-order valence-corrected chi connectivity index (χ3v) is 2.44. The Kier molecular flexibility index (Phi) is 3.72. The van der Waals surface area contributed by atoms with Crippen LogP contribution in [0.3, 0.4) is 0 Å². The number of aliphatic hydroxyl groups excluding tert-OH is 1. The van der Waals surface area contributed by atoms with Gasteiger partial charge in [-0.05, 0) is 24.0 Å². The molecule has 3 N–H and O–H groups in total. The van der Waals surface area contributed by atoms with Crippen LogP contribution in [0, 0.1) is 6.92 Å². The monoisotopic (exact) mass is 238 g/mol. The molecule has 0 fully saturated rings. The van der Waals surface area contributed by atoms with E-state index in [1.165, 1.54) is 0 Å². The average Bonchev–Trinajstić information content (AvgIpc) is 2.17. The van der Waals surface area contributed by atoms with Crippen molar-refractivity contribution in [3.05, 3.63) is 22.9 Å². The van der Waals surface area contributed by atoms with Crippen molar-refractivity contribution >= 4 is 6.09 Å². The SMILES string of the molecule is Cc1cc(C(C)(C)C)c(OC(N)=O)nc1CO. The van der Waals surface area contributed by atoms with Crippen molar-refractivity contribution in [3.8, 4) is 5.88 Å². The van der Waals surface area contributed by atoms with E-state index in [1.54, 1.807) is 0 Å². The molecule has 0 atom stereocenters. The van der Waals surface area contributed by atoms with Gasteiger partial charge in [0.05, 0.1) is 12.3 Å². The van der Waals surface area contributed by atoms with Crippen LogP contribution in [-0.4, -0.2) is 16.2 Å². The molecule has 1 aromatic heterocycles. The maximum atomic E-state index is 10.8. The molecule has 17 heavy (non-hydrogen) atoms. The summed E-state index contributed by atoms with van der Waals surface area (Å²) in [4.78, 5) is 15.0. The Balaban J connectivity index is 3.36. The third kappa shape index (κ3) is 3.17. The summed E-state index contributed by atoms with van der Waals surface area (Å²) in [6, 6.07) is 1.86. The van der Waals surface area contributed by atoms with Crippen LogP contribution < -0.4 is 10.5 Å². The highest BCUT2D eigenvalue weighted by atomic mass is 16.6. The van der Waals surface area contributed by atoms with Gasteiger partial charge in [-0.3, -0.25) is 0 Å². The molecule has 0 unspecified atom stereocenters. The summed E-state index contributed by atoms with van der Waals surface area (Å²) in [6.07, 6.45) is -0.907. The fourth-order valence-corrected chi connectivity index (χ4v) is 1.50. The van der Waals surface area contributed by atoms with Crippen molar-refractivity contribution in [1.29, 1.82) is 0 Å². The topological polar surface area (TPSA) is 85.4 Å². The van der Waals surface area contributed by atoms with Gasteiger partial charge < -0.3 is 15.6 Å². The van der Waals surface area contributed by atoms with Crippen LogP contribution >= 0.6 is 0 Å². The van der Waals surface area contributed by atoms with E-state index in [4.69, 9.17) is 15.6 Å². The first-order chi connectivity index (χ1) is 7.75. The highest BCUT2D eigenvalue weighted by molar-refractivity contribution is 5.68. The van der Waals surface area contributed by atoms with Crippen LogP contribution in [0.15, 0.2) is 6.07 Å². The molecule has 94 valence electrons. The molecule has 0 radical (unpaired) electrons. The lowest BCUT2D eigenvalue weighted by molar-refractivity contribution is 0.207. The standard InChI is InChI=1S/C12H18N2O3/c1-7-5-8(12(2,3)4)10(17-11(13)16)14-9(7)6-15/h5,15H,6H2,1-4H3,(H2,13,16). The minimum absolute atomic E-state index is 0.166. The number of hydrogen-bond donors (Lipinski definition) is 2. The van der Waals surface area contributed by atoms with Crippen LogP contribution in [0.1, 0.15) is 37.6 Å². The second-order valence-electron chi connectivity index (χ2n) is 4.93. The average molecular weight is 238 g/mol. The fourth-order valence-electron chi connectivity index (χ4n) is 1.50. The predicted octanol–water partition coefficient (Wildman–Crippen LogP) is 1.64. The second kappa shape index (κ2) is 4.71. The highest BCUT2D eigenvalue weighted by Crippen LogP contribution is 2.31. The smallest absolute Gasteiger partial charge is 0.391 e. The number of aryl methyl sites for hydroxylation is 1. The molecular weight excluding hydrogens is 220 g/mol. The zero-order valence-electron chi connectivity index (χ0n) is 10.6. The second-order valence-corrected chi connectivity index (χ2v) is 4.93. The van der Waals surface area contributed by atoms with E-state index < -0.39 is 6.09 Å². The number of aromatic nitrogens is 1. The Morgan fingerprint density at radius 3 is 2.53 bits per heavy atom. The van der Waals surface area contributed by atoms with Crippen molar-refractivity contribution in [3.63, 3.8) is 0 Å². The molecule has 0 aliphatic rings. The molecule has 1 rings (SSSR count). The molecule has 0 aromatic carbocycles. The number of aliphatic hydroxyl groups is 1. The van der Waals surface area contributed by atoms with Gasteiger partial charge in [-0.15, -0.1) is 0 Å². The minimum atomic E-state index is -0.907. The number of ether oxygens (including phenoxy) is 1. The molecule has 5 heteroatoms. The Morgan fingerprint density at radius 2 is 2.12 bits per heavy atom. The van der Waals surface area contributed by atoms with E-state index in [-0.39, 0.29) is 17.9 Å². The number of rotatable bonds is 2. The molecule has 0 aliphatic heterocycles. The van der Waals surface area contributed by atoms with Gasteiger partial charge in [0, 0.05) is 5.56 Å². The summed E-state index contributed by atoms with van der Waals surface area (Å²) in [7, 11) is 0. The Hall–Kier alpha value is -1.62. The van der Waals surface area contributed by atoms with Gasteiger partial charge in [-0.2, -0.15) is 0 Å². The quantitative estimate of drug-likeness (QED) is 0.820. The molecular formula is C12H18N2O3. The van der Waals surface area contributed by atoms with Crippen LogP contribution in [0.4, 0.5) is 4.79 Å². The molecule has 0 saturated carbocycles. The van der Waals surface area contributed by atoms with Gasteiger partial charge in [0.15, 0.2) is 0 Å². The van der Waals surface area contributed by atoms with Crippen LogP contribution in [-0.2, 0) is 12.0 Å². The highest BCUT2D eigenvalue weighted by Gasteiger charge is 2.23. The van der Waals surface area contributed by atoms with Crippen molar-refractivity contribution in [2.45, 2.75) is 39.7 Å². The number of hydrogen-bond acceptors (Lipinski definition) is 4. The normalized spacial score (nSPS) is 11.4. The first-order valence-corrected chi connectivity index (χ1v) is 5.35. The van der Waals surface area contributed by atoms with Gasteiger partial charge >= 0.3 is 6.09 Å². The van der Waals surface area contributed by atoms with E-state index in [0.29, 0.717) is 5.69 Å². The largest absolute Gasteiger partial charge is 0.411 e. The Bertz CT molecular complexity index is 436. The van der Waals surface area contributed by atoms with E-state index in [9.17, 15) is 4.79 Å². The van der Waals surface area contributed by atoms with Crippen molar-refractivity contribution in [1.82, 2.24) is 4.98 Å². The lowest BCUT2D eigenvalue weighted by Crippen LogP contribution is -2.22. The summed E-state index contributed by atoms with van der Waals surface area (Å²) in [5.74, 6) is 0.166. The summed E-state index contributed by atoms with van der Waals surface area (Å²) in [6.45, 7) is 7.59. The summed E-state index contributed by atoms with van der Waals surface area (Å²) in [5, 5.41) is 9.14. The maximum Gasteiger partial charge on any atom is 0.411 e. The Labute approximate surface area is 101 Å². The molecule has 0 bridgehead atoms. The summed E-state index contributed by atoms with van der Waals surface area (Å²) < 4.78 is 4.89. The third-order valence-electron chi connectivity index (χ3n) is 2.44. The zero-order chi connectivity index (χ0) is 13.2. The fraction of sp³-hybridized carbons (Fsp3) is 0.500. The first kappa shape index (κ1) is 13.4. The number of nitrogens with zero attached hydrogens (tertiary/aromatic N) is 1. The van der Waals surface area contributed by atoms with Gasteiger partial charge in [0.2, 0.25) is 5.88 Å². The van der Waals surface area contributed by atoms with Gasteiger partial charge in [0.25, 0.3) is 0 Å². The van der Waals surface area contributed by atoms with Gasteiger partial charge in [-0.25, -0.2) is 9.78 Å². The molecule has 0 spiro atoms. The molecule has 1 amide bonds. The number of nitrogens with two attached hydrogens (primary N) is 1. The van der Waals surface area contributed by atoms with Crippen LogP contribution in [0.5, 0.6) is 5.88 Å². The lowest BCUT2D eigenvalue weighted by Gasteiger charge is -2.22. The van der Waals surface area contributed by atoms with Crippen molar-refractivity contribution in [2.24, 2.45) is 5.73 Å². The van der Waals surface area contributed by atoms with Crippen molar-refractivity contribution < 1.29 is 14.6 Å². The molecule has 1 aromatic rings. The van der Waals surface area contributed by atoms with E-state index in [2.05, 4.69) is 4.98 Å². The minimum Gasteiger partial charge on any atom is -0.391 e. The number of carbonyl (C=O) groups is 1. The first-order valence-electron chi connectivity index (χ1n) is 5.35. The zero-order valence-corrected chi connectivity index (χ0v) is 10.6. The van der Waals surface area contributed by atoms with E-state index in [0.717, 1.165) is 11.1 Å². The lowest BCUT2D eigenvalue weighted by atomic mass is 9.86. The number of primary amides is 1. The van der Waals surface area contributed by atoms with Crippen LogP contribution in [0.2, 0.25) is 0 Å². The van der Waals surface area contributed by atoms with E-state index in [1.807, 2.05) is 33.8 Å². The van der Waals surface area contributed by atoms with Crippen molar-refractivity contribution in [2.75, 3.05) is 0 Å². The Morgan fingerprint density at radius 1 is 1.53 bits per heavy atom.